The molecule has 0 aliphatic heterocycles. The van der Waals surface area contributed by atoms with Gasteiger partial charge in [0.05, 0.1) is 11.3 Å². The van der Waals surface area contributed by atoms with Gasteiger partial charge in [0.25, 0.3) is 0 Å². The van der Waals surface area contributed by atoms with Gasteiger partial charge in [-0.15, -0.1) is 17.8 Å². The standard InChI is InChI=1S/C49H29NS/c1-3-12-46-36(4-2)39-28-26-35(30-47(39)51-46)50(33-23-21-32(22-24-33)31-13-6-5-7-14-31)34-25-27-38-42-18-11-19-43-44-20-10-17-41(49(44)45(38)29-34)37-15-8-9-16-40(37)48(42)43/h2-3,5-24,26,28-30H,1H3/b12-3-. The van der Waals surface area contributed by atoms with E-state index in [4.69, 9.17) is 6.42 Å². The van der Waals surface area contributed by atoms with E-state index in [1.165, 1.54) is 61.2 Å². The first kappa shape index (κ1) is 29.3. The monoisotopic (exact) mass is 663 g/mol. The molecule has 7 aromatic carbocycles. The Morgan fingerprint density at radius 2 is 1.22 bits per heavy atom. The van der Waals surface area contributed by atoms with Crippen LogP contribution in [-0.4, -0.2) is 0 Å². The second kappa shape index (κ2) is 11.5. The molecule has 0 unspecified atom stereocenters. The molecule has 10 rings (SSSR count). The number of rotatable bonds is 5. The van der Waals surface area contributed by atoms with Crippen LogP contribution in [0.1, 0.15) is 17.4 Å². The van der Waals surface area contributed by atoms with Gasteiger partial charge in [0.15, 0.2) is 0 Å². The molecule has 0 saturated heterocycles. The van der Waals surface area contributed by atoms with Crippen molar-refractivity contribution < 1.29 is 0 Å². The summed E-state index contributed by atoms with van der Waals surface area (Å²) in [5.41, 5.74) is 18.6. The van der Waals surface area contributed by atoms with Crippen LogP contribution in [0.4, 0.5) is 17.1 Å². The molecule has 8 aromatic rings. The second-order valence-corrected chi connectivity index (χ2v) is 14.1. The Kier molecular flexibility index (Phi) is 6.62. The van der Waals surface area contributed by atoms with E-state index >= 15 is 0 Å². The summed E-state index contributed by atoms with van der Waals surface area (Å²) in [7, 11) is 0. The topological polar surface area (TPSA) is 3.24 Å². The summed E-state index contributed by atoms with van der Waals surface area (Å²) in [6.07, 6.45) is 10.2. The molecule has 1 aromatic heterocycles. The maximum atomic E-state index is 6.03. The summed E-state index contributed by atoms with van der Waals surface area (Å²) in [5, 5.41) is 1.10. The van der Waals surface area contributed by atoms with Crippen LogP contribution in [0, 0.1) is 24.5 Å². The molecule has 2 heteroatoms. The summed E-state index contributed by atoms with van der Waals surface area (Å²) in [5.74, 6) is 2.95. The Morgan fingerprint density at radius 3 is 1.96 bits per heavy atom. The number of allylic oxidation sites excluding steroid dienone is 1. The number of terminal acetylenes is 1. The molecular formula is C49H29NS. The molecule has 0 atom stereocenters. The van der Waals surface area contributed by atoms with E-state index in [-0.39, 0.29) is 0 Å². The summed E-state index contributed by atoms with van der Waals surface area (Å²) >= 11 is 1.73. The third-order valence-electron chi connectivity index (χ3n) is 10.2. The normalized spacial score (nSPS) is 11.8. The van der Waals surface area contributed by atoms with E-state index in [9.17, 15) is 0 Å². The number of hydrogen-bond donors (Lipinski definition) is 0. The van der Waals surface area contributed by atoms with Crippen LogP contribution in [0.15, 0.2) is 146 Å². The zero-order valence-electron chi connectivity index (χ0n) is 27.9. The lowest BCUT2D eigenvalue weighted by Gasteiger charge is -2.26. The van der Waals surface area contributed by atoms with E-state index in [0.29, 0.717) is 0 Å². The van der Waals surface area contributed by atoms with Crippen LogP contribution in [-0.2, 0) is 0 Å². The Labute approximate surface area is 302 Å². The van der Waals surface area contributed by atoms with Crippen molar-refractivity contribution in [2.75, 3.05) is 4.90 Å². The predicted molar refractivity (Wildman–Crippen MR) is 217 cm³/mol. The van der Waals surface area contributed by atoms with E-state index < -0.39 is 0 Å². The molecule has 0 N–H and O–H groups in total. The van der Waals surface area contributed by atoms with Crippen molar-refractivity contribution in [3.8, 4) is 79.1 Å². The smallest absolute Gasteiger partial charge is 0.0980 e. The van der Waals surface area contributed by atoms with E-state index in [1.54, 1.807) is 11.3 Å². The van der Waals surface area contributed by atoms with Crippen molar-refractivity contribution in [3.63, 3.8) is 0 Å². The number of hydrogen-bond acceptors (Lipinski definition) is 2. The van der Waals surface area contributed by atoms with Crippen molar-refractivity contribution in [3.05, 3.63) is 168 Å². The van der Waals surface area contributed by atoms with E-state index in [1.807, 2.05) is 13.0 Å². The van der Waals surface area contributed by atoms with Crippen molar-refractivity contribution in [2.45, 2.75) is 6.92 Å². The predicted octanol–water partition coefficient (Wildman–Crippen LogP) is 13.6. The largest absolute Gasteiger partial charge is 0.303 e. The fourth-order valence-electron chi connectivity index (χ4n) is 7.99. The SMILES string of the molecule is C#Cc1c(/C=C\C)sc2cc(N(c3c#cc4c(c3)-c3c5cccc3-c3cccc-4c3-c3ccccc3-5)c3ccc(-c4ccccc4)cc3)ccc12. The Morgan fingerprint density at radius 1 is 0.588 bits per heavy atom. The van der Waals surface area contributed by atoms with Gasteiger partial charge in [-0.3, -0.25) is 0 Å². The highest BCUT2D eigenvalue weighted by atomic mass is 32.1. The lowest BCUT2D eigenvalue weighted by Crippen LogP contribution is -2.10. The molecule has 0 spiro atoms. The van der Waals surface area contributed by atoms with Crippen LogP contribution in [0.3, 0.4) is 0 Å². The molecule has 236 valence electrons. The van der Waals surface area contributed by atoms with Gasteiger partial charge in [0.1, 0.15) is 0 Å². The number of fused-ring (bicyclic) bond motifs is 5. The van der Waals surface area contributed by atoms with Crippen molar-refractivity contribution >= 4 is 44.6 Å². The summed E-state index contributed by atoms with van der Waals surface area (Å²) in [4.78, 5) is 3.41. The van der Waals surface area contributed by atoms with E-state index in [0.717, 1.165) is 43.2 Å². The van der Waals surface area contributed by atoms with Crippen LogP contribution in [0.5, 0.6) is 0 Å². The van der Waals surface area contributed by atoms with Crippen LogP contribution in [0.25, 0.3) is 82.9 Å². The number of nitrogens with zero attached hydrogens (tertiary/aromatic N) is 1. The Bertz CT molecular complexity index is 2730. The van der Waals surface area contributed by atoms with Crippen molar-refractivity contribution in [2.24, 2.45) is 0 Å². The fourth-order valence-corrected chi connectivity index (χ4v) is 9.16. The highest BCUT2D eigenvalue weighted by molar-refractivity contribution is 7.20. The van der Waals surface area contributed by atoms with Crippen LogP contribution < -0.4 is 4.90 Å². The molecule has 2 aliphatic carbocycles. The van der Waals surface area contributed by atoms with Crippen LogP contribution >= 0.6 is 11.3 Å². The Hall–Kier alpha value is -6.58. The highest BCUT2D eigenvalue weighted by Crippen LogP contribution is 2.57. The average Bonchev–Trinajstić information content (AvgIpc) is 3.48. The first-order chi connectivity index (χ1) is 25.2. The molecule has 0 saturated carbocycles. The molecule has 2 aliphatic rings. The van der Waals surface area contributed by atoms with Gasteiger partial charge in [-0.25, -0.2) is 0 Å². The molecule has 1 heterocycles. The molecule has 6 bridgehead atoms. The zero-order valence-corrected chi connectivity index (χ0v) is 28.7. The van der Waals surface area contributed by atoms with Gasteiger partial charge in [0.2, 0.25) is 0 Å². The third kappa shape index (κ3) is 4.45. The van der Waals surface area contributed by atoms with Crippen LogP contribution in [0.2, 0.25) is 0 Å². The number of thiophene rings is 1. The van der Waals surface area contributed by atoms with Gasteiger partial charge >= 0.3 is 0 Å². The van der Waals surface area contributed by atoms with Gasteiger partial charge in [-0.05, 0) is 105 Å². The molecule has 1 nitrogen and oxygen atoms in total. The highest BCUT2D eigenvalue weighted by Gasteiger charge is 2.31. The minimum atomic E-state index is 0.925. The minimum absolute atomic E-state index is 0.925. The third-order valence-corrected chi connectivity index (χ3v) is 11.3. The first-order valence-electron chi connectivity index (χ1n) is 17.2. The average molecular weight is 664 g/mol. The minimum Gasteiger partial charge on any atom is -0.303 e. The maximum Gasteiger partial charge on any atom is 0.0980 e. The van der Waals surface area contributed by atoms with Crippen molar-refractivity contribution in [1.82, 2.24) is 0 Å². The lowest BCUT2D eigenvalue weighted by atomic mass is 9.84. The summed E-state index contributed by atoms with van der Waals surface area (Å²) in [6.45, 7) is 2.03. The quantitative estimate of drug-likeness (QED) is 0.166. The van der Waals surface area contributed by atoms with Gasteiger partial charge in [0, 0.05) is 37.5 Å². The summed E-state index contributed by atoms with van der Waals surface area (Å²) < 4.78 is 1.15. The molecule has 0 radical (unpaired) electrons. The first-order valence-corrected chi connectivity index (χ1v) is 18.0. The van der Waals surface area contributed by atoms with E-state index in [2.05, 4.69) is 169 Å². The number of benzene rings is 6. The van der Waals surface area contributed by atoms with Gasteiger partial charge in [-0.2, -0.15) is 0 Å². The van der Waals surface area contributed by atoms with Gasteiger partial charge in [-0.1, -0.05) is 127 Å². The van der Waals surface area contributed by atoms with Gasteiger partial charge < -0.3 is 4.90 Å². The zero-order chi connectivity index (χ0) is 34.1. The number of anilines is 3. The Balaban J connectivity index is 1.21. The molecule has 0 fully saturated rings. The molecule has 51 heavy (non-hydrogen) atoms. The fraction of sp³-hybridized carbons (Fsp3) is 0.0204. The second-order valence-electron chi connectivity index (χ2n) is 13.0. The molecular weight excluding hydrogens is 635 g/mol. The van der Waals surface area contributed by atoms with Crippen molar-refractivity contribution in [1.29, 1.82) is 0 Å². The molecule has 0 amide bonds. The summed E-state index contributed by atoms with van der Waals surface area (Å²) in [6, 6.07) is 57.9. The maximum absolute atomic E-state index is 6.03. The lowest BCUT2D eigenvalue weighted by molar-refractivity contribution is 1.29.